The number of nitrogens with zero attached hydrogens (tertiary/aromatic N) is 1. The van der Waals surface area contributed by atoms with Gasteiger partial charge in [0.25, 0.3) is 0 Å². The van der Waals surface area contributed by atoms with E-state index in [0.29, 0.717) is 18.1 Å². The van der Waals surface area contributed by atoms with Crippen LogP contribution in [0.2, 0.25) is 0 Å². The molecule has 0 atom stereocenters. The van der Waals surface area contributed by atoms with Crippen molar-refractivity contribution < 1.29 is 14.3 Å². The predicted molar refractivity (Wildman–Crippen MR) is 98.7 cm³/mol. The summed E-state index contributed by atoms with van der Waals surface area (Å²) >= 11 is 1.53. The molecule has 1 heterocycles. The Bertz CT molecular complexity index is 584. The van der Waals surface area contributed by atoms with Crippen molar-refractivity contribution in [2.24, 2.45) is 0 Å². The van der Waals surface area contributed by atoms with Crippen LogP contribution in [0.1, 0.15) is 32.8 Å². The zero-order valence-corrected chi connectivity index (χ0v) is 15.4. The number of anilines is 1. The van der Waals surface area contributed by atoms with Gasteiger partial charge >= 0.3 is 6.09 Å². The quantitative estimate of drug-likeness (QED) is 0.829. The van der Waals surface area contributed by atoms with E-state index in [2.05, 4.69) is 11.4 Å². The topological polar surface area (TPSA) is 58.6 Å². The van der Waals surface area contributed by atoms with Crippen molar-refractivity contribution in [2.45, 2.75) is 39.2 Å². The molecule has 0 spiro atoms. The zero-order valence-electron chi connectivity index (χ0n) is 14.6. The van der Waals surface area contributed by atoms with Gasteiger partial charge in [-0.15, -0.1) is 0 Å². The number of carbonyl (C=O) groups excluding carboxylic acids is 2. The van der Waals surface area contributed by atoms with Crippen LogP contribution >= 0.6 is 11.8 Å². The number of nitrogens with one attached hydrogen (secondary N) is 1. The third kappa shape index (κ3) is 5.74. The number of amides is 2. The average Bonchev–Trinajstić information content (AvgIpc) is 2.52. The lowest BCUT2D eigenvalue weighted by atomic mass is 10.0. The summed E-state index contributed by atoms with van der Waals surface area (Å²) in [5.74, 6) is 1.23. The maximum absolute atomic E-state index is 12.4. The Balaban J connectivity index is 1.70. The smallest absolute Gasteiger partial charge is 0.407 e. The van der Waals surface area contributed by atoms with E-state index >= 15 is 0 Å². The minimum absolute atomic E-state index is 0.129. The largest absolute Gasteiger partial charge is 0.444 e. The van der Waals surface area contributed by atoms with Gasteiger partial charge in [-0.1, -0.05) is 18.2 Å². The molecule has 6 heteroatoms. The van der Waals surface area contributed by atoms with Gasteiger partial charge in [-0.25, -0.2) is 4.79 Å². The second-order valence-corrected chi connectivity index (χ2v) is 7.86. The van der Waals surface area contributed by atoms with Crippen LogP contribution in [-0.4, -0.2) is 42.2 Å². The Hall–Kier alpha value is -1.69. The molecule has 0 bridgehead atoms. The van der Waals surface area contributed by atoms with E-state index in [4.69, 9.17) is 4.74 Å². The molecular formula is C18H26N2O3S. The SMILES string of the molecule is CC(C)(C)OC(=O)NCCSCC(=O)N1CCCc2ccccc21. The van der Waals surface area contributed by atoms with Crippen molar-refractivity contribution in [3.63, 3.8) is 0 Å². The van der Waals surface area contributed by atoms with Gasteiger partial charge in [-0.3, -0.25) is 4.79 Å². The van der Waals surface area contributed by atoms with E-state index in [0.717, 1.165) is 25.1 Å². The molecule has 1 aliphatic heterocycles. The van der Waals surface area contributed by atoms with Crippen LogP contribution in [0.15, 0.2) is 24.3 Å². The highest BCUT2D eigenvalue weighted by molar-refractivity contribution is 7.99. The number of ether oxygens (including phenoxy) is 1. The van der Waals surface area contributed by atoms with Crippen LogP contribution in [0.5, 0.6) is 0 Å². The van der Waals surface area contributed by atoms with E-state index < -0.39 is 11.7 Å². The van der Waals surface area contributed by atoms with Crippen molar-refractivity contribution >= 4 is 29.4 Å². The molecule has 0 aromatic heterocycles. The number of rotatable bonds is 5. The highest BCUT2D eigenvalue weighted by atomic mass is 32.2. The fourth-order valence-corrected chi connectivity index (χ4v) is 3.29. The summed E-state index contributed by atoms with van der Waals surface area (Å²) in [5.41, 5.74) is 1.80. The average molecular weight is 350 g/mol. The summed E-state index contributed by atoms with van der Waals surface area (Å²) in [5, 5.41) is 2.70. The Labute approximate surface area is 148 Å². The van der Waals surface area contributed by atoms with E-state index in [-0.39, 0.29) is 5.91 Å². The normalized spacial score (nSPS) is 14.0. The first-order valence-electron chi connectivity index (χ1n) is 8.30. The Kier molecular flexibility index (Phi) is 6.54. The molecule has 0 saturated carbocycles. The van der Waals surface area contributed by atoms with Crippen LogP contribution in [0.25, 0.3) is 0 Å². The van der Waals surface area contributed by atoms with E-state index in [1.807, 2.05) is 43.9 Å². The third-order valence-corrected chi connectivity index (χ3v) is 4.50. The summed E-state index contributed by atoms with van der Waals surface area (Å²) in [6.45, 7) is 6.76. The molecular weight excluding hydrogens is 324 g/mol. The number of carbonyl (C=O) groups is 2. The van der Waals surface area contributed by atoms with E-state index in [9.17, 15) is 9.59 Å². The van der Waals surface area contributed by atoms with Gasteiger partial charge in [0.05, 0.1) is 5.75 Å². The number of para-hydroxylation sites is 1. The van der Waals surface area contributed by atoms with Crippen LogP contribution in [0.4, 0.5) is 10.5 Å². The molecule has 0 radical (unpaired) electrons. The second kappa shape index (κ2) is 8.42. The fraction of sp³-hybridized carbons (Fsp3) is 0.556. The van der Waals surface area contributed by atoms with Crippen LogP contribution in [0, 0.1) is 0 Å². The predicted octanol–water partition coefficient (Wildman–Crippen LogP) is 3.22. The summed E-state index contributed by atoms with van der Waals surface area (Å²) in [4.78, 5) is 25.8. The molecule has 0 saturated heterocycles. The van der Waals surface area contributed by atoms with Crippen molar-refractivity contribution in [3.8, 4) is 0 Å². The molecule has 2 rings (SSSR count). The summed E-state index contributed by atoms with van der Waals surface area (Å²) in [6, 6.07) is 8.10. The lowest BCUT2D eigenvalue weighted by Gasteiger charge is -2.29. The first kappa shape index (κ1) is 18.6. The van der Waals surface area contributed by atoms with Crippen LogP contribution in [0.3, 0.4) is 0 Å². The highest BCUT2D eigenvalue weighted by Crippen LogP contribution is 2.27. The van der Waals surface area contributed by atoms with Crippen LogP contribution < -0.4 is 10.2 Å². The minimum Gasteiger partial charge on any atom is -0.444 e. The standard InChI is InChI=1S/C18H26N2O3S/c1-18(2,3)23-17(22)19-10-12-24-13-16(21)20-11-6-8-14-7-4-5-9-15(14)20/h4-5,7,9H,6,8,10-13H2,1-3H3,(H,19,22). The molecule has 0 fully saturated rings. The second-order valence-electron chi connectivity index (χ2n) is 6.76. The van der Waals surface area contributed by atoms with Crippen molar-refractivity contribution in [3.05, 3.63) is 29.8 Å². The zero-order chi connectivity index (χ0) is 17.6. The Morgan fingerprint density at radius 1 is 1.29 bits per heavy atom. The molecule has 5 nitrogen and oxygen atoms in total. The van der Waals surface area contributed by atoms with Gasteiger partial charge in [0.15, 0.2) is 0 Å². The van der Waals surface area contributed by atoms with Gasteiger partial charge in [-0.2, -0.15) is 11.8 Å². The molecule has 132 valence electrons. The minimum atomic E-state index is -0.491. The summed E-state index contributed by atoms with van der Waals surface area (Å²) in [7, 11) is 0. The molecule has 2 amide bonds. The molecule has 1 aromatic rings. The fourth-order valence-electron chi connectivity index (χ4n) is 2.57. The molecule has 0 unspecified atom stereocenters. The maximum Gasteiger partial charge on any atom is 0.407 e. The Morgan fingerprint density at radius 2 is 2.04 bits per heavy atom. The monoisotopic (exact) mass is 350 g/mol. The first-order chi connectivity index (χ1) is 11.4. The van der Waals surface area contributed by atoms with Crippen molar-refractivity contribution in [2.75, 3.05) is 29.5 Å². The molecule has 1 aliphatic rings. The maximum atomic E-state index is 12.4. The lowest BCUT2D eigenvalue weighted by molar-refractivity contribution is -0.116. The first-order valence-corrected chi connectivity index (χ1v) is 9.45. The van der Waals surface area contributed by atoms with Crippen molar-refractivity contribution in [1.82, 2.24) is 5.32 Å². The van der Waals surface area contributed by atoms with Crippen LogP contribution in [-0.2, 0) is 16.0 Å². The molecule has 24 heavy (non-hydrogen) atoms. The molecule has 1 aromatic carbocycles. The highest BCUT2D eigenvalue weighted by Gasteiger charge is 2.21. The number of alkyl carbamates (subject to hydrolysis) is 1. The van der Waals surface area contributed by atoms with Crippen molar-refractivity contribution in [1.29, 1.82) is 0 Å². The Morgan fingerprint density at radius 3 is 2.79 bits per heavy atom. The summed E-state index contributed by atoms with van der Waals surface area (Å²) in [6.07, 6.45) is 1.62. The third-order valence-electron chi connectivity index (χ3n) is 3.55. The number of thioether (sulfide) groups is 1. The number of benzene rings is 1. The molecule has 0 aliphatic carbocycles. The number of fused-ring (bicyclic) bond motifs is 1. The summed E-state index contributed by atoms with van der Waals surface area (Å²) < 4.78 is 5.17. The van der Waals surface area contributed by atoms with Gasteiger partial charge in [0.1, 0.15) is 5.60 Å². The number of hydrogen-bond donors (Lipinski definition) is 1. The number of hydrogen-bond acceptors (Lipinski definition) is 4. The van der Waals surface area contributed by atoms with Gasteiger partial charge in [0, 0.05) is 24.5 Å². The van der Waals surface area contributed by atoms with Gasteiger partial charge < -0.3 is 15.0 Å². The van der Waals surface area contributed by atoms with Gasteiger partial charge in [-0.05, 0) is 45.2 Å². The lowest BCUT2D eigenvalue weighted by Crippen LogP contribution is -2.37. The number of aryl methyl sites for hydroxylation is 1. The van der Waals surface area contributed by atoms with E-state index in [1.165, 1.54) is 17.3 Å². The van der Waals surface area contributed by atoms with E-state index in [1.54, 1.807) is 0 Å². The molecule has 1 N–H and O–H groups in total. The van der Waals surface area contributed by atoms with Gasteiger partial charge in [0.2, 0.25) is 5.91 Å².